The summed E-state index contributed by atoms with van der Waals surface area (Å²) in [6.07, 6.45) is 1.39. The van der Waals surface area contributed by atoms with Crippen molar-refractivity contribution >= 4 is 33.0 Å². The molecule has 63 heavy (non-hydrogen) atoms. The van der Waals surface area contributed by atoms with E-state index >= 15 is 0 Å². The maximum absolute atomic E-state index is 7.23. The average molecular weight is 999 g/mol. The first-order valence-corrected chi connectivity index (χ1v) is 21.5. The Morgan fingerprint density at radius 3 is 2.11 bits per heavy atom. The molecular weight excluding hydrogens is 947 g/mol. The number of para-hydroxylation sites is 2. The van der Waals surface area contributed by atoms with Crippen LogP contribution < -0.4 is 0 Å². The minimum absolute atomic E-state index is 0. The van der Waals surface area contributed by atoms with Crippen LogP contribution in [0.3, 0.4) is 0 Å². The predicted octanol–water partition coefficient (Wildman–Crippen LogP) is 15.5. The van der Waals surface area contributed by atoms with Crippen molar-refractivity contribution in [3.63, 3.8) is 0 Å². The number of benzene rings is 7. The molecule has 3 aromatic heterocycles. The summed E-state index contributed by atoms with van der Waals surface area (Å²) in [5.41, 5.74) is 17.9. The molecule has 0 bridgehead atoms. The van der Waals surface area contributed by atoms with Crippen LogP contribution in [0.4, 0.5) is 0 Å². The molecule has 0 aliphatic heterocycles. The smallest absolute Gasteiger partial charge is 0.121 e. The fraction of sp³-hybridized carbons (Fsp3) is 0.172. The molecule has 0 saturated heterocycles. The summed E-state index contributed by atoms with van der Waals surface area (Å²) < 4.78 is 31.0. The van der Waals surface area contributed by atoms with Crippen molar-refractivity contribution in [2.45, 2.75) is 65.6 Å². The molecule has 4 nitrogen and oxygen atoms in total. The maximum Gasteiger partial charge on any atom is 0.121 e. The average Bonchev–Trinajstić information content (AvgIpc) is 3.96. The summed E-state index contributed by atoms with van der Waals surface area (Å²) in [6.45, 7) is 11.7. The van der Waals surface area contributed by atoms with Crippen molar-refractivity contribution in [1.29, 1.82) is 0 Å². The summed E-state index contributed by atoms with van der Waals surface area (Å²) >= 11 is 0. The molecule has 0 saturated carbocycles. The molecule has 0 N–H and O–H groups in total. The van der Waals surface area contributed by atoms with Crippen molar-refractivity contribution in [3.8, 4) is 50.6 Å². The van der Waals surface area contributed by atoms with Gasteiger partial charge in [-0.3, -0.25) is 4.98 Å². The van der Waals surface area contributed by atoms with Crippen LogP contribution in [0.2, 0.25) is 0 Å². The number of aryl methyl sites for hydroxylation is 1. The summed E-state index contributed by atoms with van der Waals surface area (Å²) in [4.78, 5) is 9.47. The van der Waals surface area contributed by atoms with Gasteiger partial charge in [-0.25, -0.2) is 0 Å². The molecule has 0 atom stereocenters. The summed E-state index contributed by atoms with van der Waals surface area (Å²) in [6, 6.07) is 58.9. The van der Waals surface area contributed by atoms with E-state index in [-0.39, 0.29) is 42.9 Å². The summed E-state index contributed by atoms with van der Waals surface area (Å²) in [5, 5.41) is 2.21. The van der Waals surface area contributed by atoms with Gasteiger partial charge in [0.25, 0.3) is 0 Å². The molecule has 10 aromatic rings. The van der Waals surface area contributed by atoms with Gasteiger partial charge in [0.15, 0.2) is 0 Å². The van der Waals surface area contributed by atoms with Gasteiger partial charge >= 0.3 is 0 Å². The molecule has 5 heteroatoms. The fourth-order valence-corrected chi connectivity index (χ4v) is 9.24. The van der Waals surface area contributed by atoms with Crippen LogP contribution in [-0.4, -0.2) is 14.5 Å². The van der Waals surface area contributed by atoms with Crippen molar-refractivity contribution in [1.82, 2.24) is 14.5 Å². The number of imidazole rings is 1. The number of aromatic nitrogens is 3. The molecule has 1 aliphatic rings. The second-order valence-corrected chi connectivity index (χ2v) is 17.4. The van der Waals surface area contributed by atoms with Gasteiger partial charge in [-0.15, -0.1) is 54.1 Å². The maximum atomic E-state index is 7.23. The summed E-state index contributed by atoms with van der Waals surface area (Å²) in [7, 11) is 0. The summed E-state index contributed by atoms with van der Waals surface area (Å²) in [5.74, 6) is 1.41. The van der Waals surface area contributed by atoms with Gasteiger partial charge in [-0.2, -0.15) is 0 Å². The molecule has 0 spiro atoms. The Bertz CT molecular complexity index is 3360. The molecule has 1 radical (unpaired) electrons. The third kappa shape index (κ3) is 7.34. The first-order valence-electron chi connectivity index (χ1n) is 23.0. The third-order valence-corrected chi connectivity index (χ3v) is 12.4. The van der Waals surface area contributed by atoms with Crippen LogP contribution in [0.1, 0.15) is 85.3 Å². The van der Waals surface area contributed by atoms with Gasteiger partial charge in [0.05, 0.1) is 22.4 Å². The number of rotatable bonds is 6. The van der Waals surface area contributed by atoms with Gasteiger partial charge < -0.3 is 14.0 Å². The SMILES string of the molecule is CC(C)c1cc(-c2ccccc2)cc(C(C)C)c1-n1c(-c2[c-]ccc3c2oc2cc4c(cc23)-c2ccccc2C4(C)C)nc2ccccc21.[2H]C([2H])([2H])c1ccc(-c2[c-]cccc2)nc1.[Ir]. The number of pyridine rings is 1. The number of hydrogen-bond acceptors (Lipinski definition) is 3. The van der Waals surface area contributed by atoms with Gasteiger partial charge in [0.1, 0.15) is 5.58 Å². The minimum Gasteiger partial charge on any atom is -0.501 e. The Hall–Kier alpha value is -6.39. The van der Waals surface area contributed by atoms with Crippen molar-refractivity contribution in [2.75, 3.05) is 0 Å². The van der Waals surface area contributed by atoms with Crippen LogP contribution in [0.5, 0.6) is 0 Å². The second kappa shape index (κ2) is 16.7. The van der Waals surface area contributed by atoms with E-state index in [0.717, 1.165) is 55.6 Å². The number of hydrogen-bond donors (Lipinski definition) is 0. The van der Waals surface area contributed by atoms with E-state index in [1.807, 2.05) is 24.3 Å². The van der Waals surface area contributed by atoms with E-state index in [1.54, 1.807) is 18.2 Å². The molecule has 313 valence electrons. The molecule has 7 aromatic carbocycles. The fourth-order valence-electron chi connectivity index (χ4n) is 9.24. The molecule has 11 rings (SSSR count). The van der Waals surface area contributed by atoms with E-state index in [4.69, 9.17) is 13.5 Å². The zero-order valence-electron chi connectivity index (χ0n) is 39.2. The predicted molar refractivity (Wildman–Crippen MR) is 257 cm³/mol. The van der Waals surface area contributed by atoms with Gasteiger partial charge in [0, 0.05) is 46.9 Å². The van der Waals surface area contributed by atoms with Crippen molar-refractivity contribution in [3.05, 3.63) is 198 Å². The first kappa shape index (κ1) is 38.3. The first-order chi connectivity index (χ1) is 31.3. The van der Waals surface area contributed by atoms with Crippen LogP contribution in [0.25, 0.3) is 83.6 Å². The molecular formula is C58H49IrN3O-2. The second-order valence-electron chi connectivity index (χ2n) is 17.4. The van der Waals surface area contributed by atoms with Crippen LogP contribution in [-0.2, 0) is 25.5 Å². The Kier molecular flexibility index (Phi) is 10.2. The van der Waals surface area contributed by atoms with Gasteiger partial charge in [0.2, 0.25) is 0 Å². The normalized spacial score (nSPS) is 13.6. The van der Waals surface area contributed by atoms with Gasteiger partial charge in [-0.05, 0) is 111 Å². The number of nitrogens with zero attached hydrogens (tertiary/aromatic N) is 3. The van der Waals surface area contributed by atoms with E-state index in [9.17, 15) is 0 Å². The molecule has 0 amide bonds. The zero-order chi connectivity index (χ0) is 45.2. The van der Waals surface area contributed by atoms with Crippen molar-refractivity contribution < 1.29 is 28.6 Å². The minimum atomic E-state index is -2.09. The van der Waals surface area contributed by atoms with E-state index in [0.29, 0.717) is 0 Å². The van der Waals surface area contributed by atoms with Crippen LogP contribution in [0.15, 0.2) is 162 Å². The topological polar surface area (TPSA) is 43.9 Å². The van der Waals surface area contributed by atoms with E-state index in [1.165, 1.54) is 56.4 Å². The van der Waals surface area contributed by atoms with Crippen LogP contribution >= 0.6 is 0 Å². The molecule has 1 aliphatic carbocycles. The monoisotopic (exact) mass is 999 g/mol. The Labute approximate surface area is 388 Å². The molecule has 3 heterocycles. The van der Waals surface area contributed by atoms with Crippen molar-refractivity contribution in [2.24, 2.45) is 0 Å². The third-order valence-electron chi connectivity index (χ3n) is 12.4. The van der Waals surface area contributed by atoms with Crippen LogP contribution in [0, 0.1) is 19.0 Å². The largest absolute Gasteiger partial charge is 0.501 e. The van der Waals surface area contributed by atoms with E-state index < -0.39 is 6.85 Å². The van der Waals surface area contributed by atoms with Gasteiger partial charge in [-0.1, -0.05) is 131 Å². The molecule has 0 unspecified atom stereocenters. The quantitative estimate of drug-likeness (QED) is 0.156. The Morgan fingerprint density at radius 2 is 1.40 bits per heavy atom. The molecule has 0 fully saturated rings. The van der Waals surface area contributed by atoms with E-state index in [2.05, 4.69) is 172 Å². The Balaban J connectivity index is 0.000000273. The standard InChI is InChI=1S/C46H39N2O.C12H10N.Ir/c1-27(2)34-23-30(29-15-8-7-9-16-29)24-35(28(3)4)43(34)48-41-22-13-12-21-40(41)47-45(48)33-19-14-18-32-37-25-36-31-17-10-11-20-38(31)46(5,6)39(36)26-42(37)49-44(32)33;1-10-7-8-12(13-9-10)11-5-3-2-4-6-11;/h7-18,20-28H,1-6H3;2-5,7-9H,1H3;/q2*-1;/i;1D3;. The Morgan fingerprint density at radius 1 is 0.667 bits per heavy atom. The number of furan rings is 1. The zero-order valence-corrected chi connectivity index (χ0v) is 38.6. The number of fused-ring (bicyclic) bond motifs is 7.